The summed E-state index contributed by atoms with van der Waals surface area (Å²) in [6.07, 6.45) is 5.97. The lowest BCUT2D eigenvalue weighted by Crippen LogP contribution is -2.33. The molecule has 180 valence electrons. The van der Waals surface area contributed by atoms with Crippen molar-refractivity contribution in [2.75, 3.05) is 14.2 Å². The van der Waals surface area contributed by atoms with Crippen LogP contribution < -0.4 is 24.3 Å². The molecule has 1 heterocycles. The molecule has 4 rings (SSSR count). The molecule has 35 heavy (non-hydrogen) atoms. The first kappa shape index (κ1) is 23.8. The minimum absolute atomic E-state index is 0.0140. The molecule has 3 aromatic rings. The molecular formula is C27H27N3O5. The summed E-state index contributed by atoms with van der Waals surface area (Å²) in [5.74, 6) is 2.93. The van der Waals surface area contributed by atoms with Crippen LogP contribution in [0, 0.1) is 17.2 Å². The van der Waals surface area contributed by atoms with Crippen molar-refractivity contribution in [3.8, 4) is 23.0 Å². The van der Waals surface area contributed by atoms with Crippen LogP contribution in [-0.2, 0) is 0 Å². The fraction of sp³-hybridized carbons (Fsp3) is 0.222. The second-order valence-electron chi connectivity index (χ2n) is 8.14. The quantitative estimate of drug-likeness (QED) is 0.441. The number of carbonyl (C=O) groups excluding carboxylic acids is 1. The number of hydrogen-bond acceptors (Lipinski definition) is 7. The van der Waals surface area contributed by atoms with Gasteiger partial charge in [0, 0.05) is 41.4 Å². The number of methoxy groups -OCH3 is 2. The zero-order valence-electron chi connectivity index (χ0n) is 20.0. The summed E-state index contributed by atoms with van der Waals surface area (Å²) >= 11 is 0. The number of amides is 1. The highest BCUT2D eigenvalue weighted by molar-refractivity contribution is 5.88. The molecule has 1 aliphatic rings. The van der Waals surface area contributed by atoms with Gasteiger partial charge < -0.3 is 24.4 Å². The van der Waals surface area contributed by atoms with Gasteiger partial charge in [-0.2, -0.15) is 0 Å². The van der Waals surface area contributed by atoms with Crippen molar-refractivity contribution in [1.82, 2.24) is 10.3 Å². The van der Waals surface area contributed by atoms with Crippen LogP contribution in [0.1, 0.15) is 19.4 Å². The number of fused-ring (bicyclic) bond motifs is 1. The Bertz CT molecular complexity index is 1330. The third kappa shape index (κ3) is 5.11. The molecule has 0 fully saturated rings. The fourth-order valence-corrected chi connectivity index (χ4v) is 3.86. The topological polar surface area (TPSA) is 103 Å². The molecule has 0 bridgehead atoms. The predicted molar refractivity (Wildman–Crippen MR) is 133 cm³/mol. The van der Waals surface area contributed by atoms with Gasteiger partial charge in [-0.05, 0) is 42.0 Å². The Kier molecular flexibility index (Phi) is 7.01. The highest BCUT2D eigenvalue weighted by Crippen LogP contribution is 2.38. The molecule has 1 aromatic heterocycles. The first-order valence-corrected chi connectivity index (χ1v) is 11.1. The van der Waals surface area contributed by atoms with Gasteiger partial charge in [-0.25, -0.2) is 4.79 Å². The Morgan fingerprint density at radius 3 is 2.51 bits per heavy atom. The van der Waals surface area contributed by atoms with Crippen molar-refractivity contribution in [1.29, 1.82) is 5.41 Å². The smallest absolute Gasteiger partial charge is 0.416 e. The van der Waals surface area contributed by atoms with Gasteiger partial charge in [0.2, 0.25) is 0 Å². The van der Waals surface area contributed by atoms with Crippen molar-refractivity contribution >= 4 is 23.2 Å². The van der Waals surface area contributed by atoms with E-state index in [-0.39, 0.29) is 11.8 Å². The Balaban J connectivity index is 1.53. The molecule has 0 saturated heterocycles. The van der Waals surface area contributed by atoms with E-state index in [9.17, 15) is 4.79 Å². The lowest BCUT2D eigenvalue weighted by Gasteiger charge is -2.28. The van der Waals surface area contributed by atoms with E-state index in [0.29, 0.717) is 28.6 Å². The van der Waals surface area contributed by atoms with Gasteiger partial charge in [-0.1, -0.05) is 26.0 Å². The number of carbonyl (C=O) groups is 1. The lowest BCUT2D eigenvalue weighted by atomic mass is 9.87. The van der Waals surface area contributed by atoms with Crippen LogP contribution >= 0.6 is 0 Å². The summed E-state index contributed by atoms with van der Waals surface area (Å²) in [7, 11) is 3.17. The van der Waals surface area contributed by atoms with Crippen LogP contribution in [0.4, 0.5) is 4.79 Å². The molecule has 0 spiro atoms. The number of hydrogen-bond donors (Lipinski definition) is 2. The average Bonchev–Trinajstić information content (AvgIpc) is 2.87. The number of rotatable bonds is 7. The van der Waals surface area contributed by atoms with Gasteiger partial charge >= 0.3 is 6.09 Å². The van der Waals surface area contributed by atoms with E-state index in [4.69, 9.17) is 24.4 Å². The number of nitrogens with zero attached hydrogens (tertiary/aromatic N) is 1. The largest absolute Gasteiger partial charge is 0.493 e. The van der Waals surface area contributed by atoms with Gasteiger partial charge in [0.1, 0.15) is 17.3 Å². The molecule has 0 radical (unpaired) electrons. The molecule has 2 N–H and O–H groups in total. The zero-order valence-corrected chi connectivity index (χ0v) is 20.0. The number of benzene rings is 2. The molecule has 8 heteroatoms. The van der Waals surface area contributed by atoms with E-state index in [1.807, 2.05) is 44.2 Å². The lowest BCUT2D eigenvalue weighted by molar-refractivity contribution is 0.200. The third-order valence-electron chi connectivity index (χ3n) is 6.03. The monoisotopic (exact) mass is 473 g/mol. The van der Waals surface area contributed by atoms with Crippen LogP contribution in [-0.4, -0.2) is 31.5 Å². The minimum atomic E-state index is -0.587. The third-order valence-corrected chi connectivity index (χ3v) is 6.03. The van der Waals surface area contributed by atoms with Gasteiger partial charge in [0.05, 0.1) is 19.7 Å². The maximum absolute atomic E-state index is 12.5. The van der Waals surface area contributed by atoms with Gasteiger partial charge in [0.15, 0.2) is 11.5 Å². The molecule has 1 aliphatic carbocycles. The summed E-state index contributed by atoms with van der Waals surface area (Å²) < 4.78 is 22.5. The predicted octanol–water partition coefficient (Wildman–Crippen LogP) is 5.47. The molecule has 2 unspecified atom stereocenters. The molecule has 0 saturated carbocycles. The van der Waals surface area contributed by atoms with Gasteiger partial charge in [0.25, 0.3) is 0 Å². The normalized spacial score (nSPS) is 17.1. The fourth-order valence-electron chi connectivity index (χ4n) is 3.86. The van der Waals surface area contributed by atoms with Gasteiger partial charge in [-0.15, -0.1) is 0 Å². The Labute approximate surface area is 203 Å². The summed E-state index contributed by atoms with van der Waals surface area (Å²) in [6.45, 7) is 4.05. The van der Waals surface area contributed by atoms with E-state index >= 15 is 0 Å². The first-order valence-electron chi connectivity index (χ1n) is 11.1. The molecule has 2 aromatic carbocycles. The molecule has 2 atom stereocenters. The summed E-state index contributed by atoms with van der Waals surface area (Å²) in [5, 5.41) is 11.0. The number of nitrogens with one attached hydrogen (secondary N) is 2. The highest BCUT2D eigenvalue weighted by atomic mass is 16.6. The van der Waals surface area contributed by atoms with Crippen LogP contribution in [0.3, 0.4) is 0 Å². The Morgan fingerprint density at radius 1 is 1.00 bits per heavy atom. The number of pyridine rings is 1. The van der Waals surface area contributed by atoms with Crippen molar-refractivity contribution in [2.45, 2.75) is 13.8 Å². The van der Waals surface area contributed by atoms with E-state index < -0.39 is 6.09 Å². The number of aromatic nitrogens is 1. The Morgan fingerprint density at radius 2 is 1.77 bits per heavy atom. The minimum Gasteiger partial charge on any atom is -0.493 e. The summed E-state index contributed by atoms with van der Waals surface area (Å²) in [6, 6.07) is 12.3. The Hall–Kier alpha value is -4.33. The highest BCUT2D eigenvalue weighted by Gasteiger charge is 2.27. The maximum atomic E-state index is 12.5. The maximum Gasteiger partial charge on any atom is 0.416 e. The average molecular weight is 474 g/mol. The molecular weight excluding hydrogens is 446 g/mol. The van der Waals surface area contributed by atoms with E-state index in [2.05, 4.69) is 10.3 Å². The van der Waals surface area contributed by atoms with E-state index in [1.54, 1.807) is 44.7 Å². The molecule has 0 aliphatic heterocycles. The van der Waals surface area contributed by atoms with Crippen LogP contribution in [0.25, 0.3) is 10.9 Å². The van der Waals surface area contributed by atoms with Gasteiger partial charge in [-0.3, -0.25) is 10.3 Å². The van der Waals surface area contributed by atoms with Crippen molar-refractivity contribution < 1.29 is 23.7 Å². The molecule has 8 nitrogen and oxygen atoms in total. The summed E-state index contributed by atoms with van der Waals surface area (Å²) in [4.78, 5) is 16.9. The number of allylic oxidation sites excluding steroid dienone is 4. The van der Waals surface area contributed by atoms with E-state index in [1.165, 1.54) is 6.21 Å². The first-order chi connectivity index (χ1) is 16.9. The second-order valence-corrected chi connectivity index (χ2v) is 8.14. The number of ether oxygens (including phenoxy) is 4. The van der Waals surface area contributed by atoms with Crippen LogP contribution in [0.15, 0.2) is 72.3 Å². The zero-order chi connectivity index (χ0) is 24.9. The van der Waals surface area contributed by atoms with Crippen molar-refractivity contribution in [3.05, 3.63) is 77.8 Å². The molecule has 1 amide bonds. The van der Waals surface area contributed by atoms with Crippen LogP contribution in [0.5, 0.6) is 23.0 Å². The van der Waals surface area contributed by atoms with Crippen LogP contribution in [0.2, 0.25) is 0 Å². The summed E-state index contributed by atoms with van der Waals surface area (Å²) in [5.41, 5.74) is 2.10. The second kappa shape index (κ2) is 10.3. The van der Waals surface area contributed by atoms with E-state index in [0.717, 1.165) is 22.4 Å². The standard InChI is InChI=1S/C27H27N3O5/c1-16-17(2)23(9-8-21(16)30-27(31)34-19-7-5-6-18(12-19)15-28)35-24-10-11-29-22-14-26(33-4)25(32-3)13-20(22)24/h5-17,28H,1-4H3,(H,30,31). The SMILES string of the molecule is COc1cc2nccc(OC3=CC=C(NC(=O)Oc4cccc(C=N)c4)C(C)C3C)c2cc1OC. The van der Waals surface area contributed by atoms with Crippen molar-refractivity contribution in [3.63, 3.8) is 0 Å². The van der Waals surface area contributed by atoms with Crippen molar-refractivity contribution in [2.24, 2.45) is 11.8 Å².